The number of nitrogens with zero attached hydrogens (tertiary/aromatic N) is 4. The van der Waals surface area contributed by atoms with Crippen molar-refractivity contribution in [2.75, 3.05) is 26.7 Å². The predicted molar refractivity (Wildman–Crippen MR) is 90.2 cm³/mol. The highest BCUT2D eigenvalue weighted by atomic mass is 35.5. The largest absolute Gasteiger partial charge is 0.366 e. The summed E-state index contributed by atoms with van der Waals surface area (Å²) in [6.45, 7) is 3.88. The summed E-state index contributed by atoms with van der Waals surface area (Å²) >= 11 is 5.89. The summed E-state index contributed by atoms with van der Waals surface area (Å²) in [5, 5.41) is 11.8. The Balaban J connectivity index is 1.64. The molecule has 1 aromatic heterocycles. The molecule has 1 N–H and O–H groups in total. The number of amides is 1. The Morgan fingerprint density at radius 3 is 2.88 bits per heavy atom. The lowest BCUT2D eigenvalue weighted by Crippen LogP contribution is -2.48. The van der Waals surface area contributed by atoms with Crippen molar-refractivity contribution in [3.05, 3.63) is 41.2 Å². The smallest absolute Gasteiger partial charge is 0.250 e. The number of benzene rings is 1. The van der Waals surface area contributed by atoms with Crippen LogP contribution in [0.15, 0.2) is 30.5 Å². The summed E-state index contributed by atoms with van der Waals surface area (Å²) in [5.41, 5.74) is 1.54. The highest BCUT2D eigenvalue weighted by Gasteiger charge is 2.26. The first-order valence-electron chi connectivity index (χ1n) is 7.81. The monoisotopic (exact) mass is 349 g/mol. The molecule has 2 unspecified atom stereocenters. The zero-order valence-electron chi connectivity index (χ0n) is 13.6. The molecule has 1 aliphatic heterocycles. The number of rotatable bonds is 4. The second kappa shape index (κ2) is 7.29. The number of hydrogen-bond donors (Lipinski definition) is 1. The van der Waals surface area contributed by atoms with Gasteiger partial charge in [-0.1, -0.05) is 16.8 Å². The van der Waals surface area contributed by atoms with Gasteiger partial charge in [0.25, 0.3) is 5.91 Å². The van der Waals surface area contributed by atoms with Gasteiger partial charge in [-0.15, -0.1) is 5.10 Å². The molecule has 2 aromatic rings. The van der Waals surface area contributed by atoms with Crippen LogP contribution in [0, 0.1) is 0 Å². The van der Waals surface area contributed by atoms with Crippen molar-refractivity contribution in [3.63, 3.8) is 0 Å². The Kier molecular flexibility index (Phi) is 5.13. The van der Waals surface area contributed by atoms with Gasteiger partial charge in [0.1, 0.15) is 11.8 Å². The molecule has 1 aliphatic rings. The van der Waals surface area contributed by atoms with Gasteiger partial charge in [0, 0.05) is 18.1 Å². The maximum Gasteiger partial charge on any atom is 0.250 e. The maximum absolute atomic E-state index is 12.3. The molecule has 128 valence electrons. The molecule has 2 heterocycles. The molecule has 24 heavy (non-hydrogen) atoms. The van der Waals surface area contributed by atoms with Crippen molar-refractivity contribution >= 4 is 17.5 Å². The molecule has 8 heteroatoms. The number of ether oxygens (including phenoxy) is 1. The first-order chi connectivity index (χ1) is 11.5. The molecular weight excluding hydrogens is 330 g/mol. The van der Waals surface area contributed by atoms with Gasteiger partial charge in [0.15, 0.2) is 0 Å². The first-order valence-corrected chi connectivity index (χ1v) is 8.19. The van der Waals surface area contributed by atoms with E-state index in [0.29, 0.717) is 23.9 Å². The van der Waals surface area contributed by atoms with Crippen LogP contribution in [0.2, 0.25) is 5.02 Å². The third-order valence-electron chi connectivity index (χ3n) is 3.97. The van der Waals surface area contributed by atoms with Crippen LogP contribution >= 0.6 is 11.6 Å². The van der Waals surface area contributed by atoms with E-state index < -0.39 is 6.10 Å². The molecule has 0 aliphatic carbocycles. The number of carbonyl (C=O) groups is 1. The van der Waals surface area contributed by atoms with Gasteiger partial charge in [-0.3, -0.25) is 4.79 Å². The first kappa shape index (κ1) is 16.9. The van der Waals surface area contributed by atoms with Gasteiger partial charge >= 0.3 is 0 Å². The van der Waals surface area contributed by atoms with Crippen LogP contribution in [0.3, 0.4) is 0 Å². The summed E-state index contributed by atoms with van der Waals surface area (Å²) in [6, 6.07) is 7.04. The lowest BCUT2D eigenvalue weighted by atomic mass is 10.2. The van der Waals surface area contributed by atoms with Crippen LogP contribution in [0.1, 0.15) is 18.7 Å². The summed E-state index contributed by atoms with van der Waals surface area (Å²) in [7, 11) is 1.98. The van der Waals surface area contributed by atoms with Gasteiger partial charge in [-0.25, -0.2) is 4.68 Å². The third-order valence-corrected chi connectivity index (χ3v) is 4.22. The highest BCUT2D eigenvalue weighted by molar-refractivity contribution is 6.30. The minimum Gasteiger partial charge on any atom is -0.366 e. The average molecular weight is 350 g/mol. The van der Waals surface area contributed by atoms with E-state index >= 15 is 0 Å². The number of halogens is 1. The van der Waals surface area contributed by atoms with Crippen molar-refractivity contribution < 1.29 is 9.53 Å². The molecule has 1 amide bonds. The van der Waals surface area contributed by atoms with E-state index in [0.717, 1.165) is 12.2 Å². The predicted octanol–water partition coefficient (Wildman–Crippen LogP) is 1.43. The Hall–Kier alpha value is -1.96. The molecule has 0 bridgehead atoms. The van der Waals surface area contributed by atoms with Crippen LogP contribution in [0.5, 0.6) is 0 Å². The van der Waals surface area contributed by atoms with Crippen LogP contribution in [-0.4, -0.2) is 58.6 Å². The number of carbonyl (C=O) groups excluding carboxylic acids is 1. The number of hydrogen-bond acceptors (Lipinski definition) is 5. The van der Waals surface area contributed by atoms with Gasteiger partial charge in [0.2, 0.25) is 0 Å². The molecule has 1 fully saturated rings. The van der Waals surface area contributed by atoms with E-state index in [9.17, 15) is 4.79 Å². The molecule has 0 saturated carbocycles. The summed E-state index contributed by atoms with van der Waals surface area (Å²) < 4.78 is 7.18. The van der Waals surface area contributed by atoms with E-state index in [1.165, 1.54) is 0 Å². The van der Waals surface area contributed by atoms with E-state index in [1.807, 2.05) is 26.1 Å². The highest BCUT2D eigenvalue weighted by Crippen LogP contribution is 2.15. The van der Waals surface area contributed by atoms with Crippen LogP contribution < -0.4 is 5.32 Å². The zero-order valence-corrected chi connectivity index (χ0v) is 14.4. The second-order valence-electron chi connectivity index (χ2n) is 5.92. The van der Waals surface area contributed by atoms with Crippen LogP contribution in [-0.2, 0) is 9.53 Å². The van der Waals surface area contributed by atoms with Gasteiger partial charge in [-0.2, -0.15) is 0 Å². The van der Waals surface area contributed by atoms with Crippen molar-refractivity contribution in [1.29, 1.82) is 0 Å². The SMILES string of the molecule is CC(NC(=O)C1CN(C)CCO1)c1cn(-c2ccc(Cl)cc2)nn1. The fraction of sp³-hybridized carbons (Fsp3) is 0.438. The lowest BCUT2D eigenvalue weighted by Gasteiger charge is -2.29. The maximum atomic E-state index is 12.3. The second-order valence-corrected chi connectivity index (χ2v) is 6.35. The average Bonchev–Trinajstić information content (AvgIpc) is 3.05. The summed E-state index contributed by atoms with van der Waals surface area (Å²) in [6.07, 6.45) is 1.35. The fourth-order valence-electron chi connectivity index (χ4n) is 2.51. The molecule has 3 rings (SSSR count). The summed E-state index contributed by atoms with van der Waals surface area (Å²) in [4.78, 5) is 14.4. The van der Waals surface area contributed by atoms with Crippen LogP contribution in [0.25, 0.3) is 5.69 Å². The Labute approximate surface area is 145 Å². The normalized spacial score (nSPS) is 19.9. The minimum atomic E-state index is -0.447. The van der Waals surface area contributed by atoms with Gasteiger partial charge < -0.3 is 15.0 Å². The van der Waals surface area contributed by atoms with Crippen molar-refractivity contribution in [2.45, 2.75) is 19.1 Å². The third kappa shape index (κ3) is 3.92. The van der Waals surface area contributed by atoms with Gasteiger partial charge in [-0.05, 0) is 38.2 Å². The molecule has 7 nitrogen and oxygen atoms in total. The van der Waals surface area contributed by atoms with Crippen LogP contribution in [0.4, 0.5) is 0 Å². The summed E-state index contributed by atoms with van der Waals surface area (Å²) in [5.74, 6) is -0.130. The number of morpholine rings is 1. The number of nitrogens with one attached hydrogen (secondary N) is 1. The fourth-order valence-corrected chi connectivity index (χ4v) is 2.64. The molecule has 0 radical (unpaired) electrons. The minimum absolute atomic E-state index is 0.130. The van der Waals surface area contributed by atoms with E-state index in [4.69, 9.17) is 16.3 Å². The molecule has 2 atom stereocenters. The van der Waals surface area contributed by atoms with Crippen molar-refractivity contribution in [3.8, 4) is 5.69 Å². The lowest BCUT2D eigenvalue weighted by molar-refractivity contribution is -0.138. The Morgan fingerprint density at radius 1 is 1.42 bits per heavy atom. The van der Waals surface area contributed by atoms with Crippen molar-refractivity contribution in [2.24, 2.45) is 0 Å². The van der Waals surface area contributed by atoms with E-state index in [2.05, 4.69) is 20.5 Å². The zero-order chi connectivity index (χ0) is 17.1. The molecule has 0 spiro atoms. The van der Waals surface area contributed by atoms with Crippen molar-refractivity contribution in [1.82, 2.24) is 25.2 Å². The van der Waals surface area contributed by atoms with E-state index in [1.54, 1.807) is 23.0 Å². The molecule has 1 saturated heterocycles. The van der Waals surface area contributed by atoms with Gasteiger partial charge in [0.05, 0.1) is 24.5 Å². The van der Waals surface area contributed by atoms with E-state index in [-0.39, 0.29) is 11.9 Å². The Morgan fingerprint density at radius 2 is 2.17 bits per heavy atom. The quantitative estimate of drug-likeness (QED) is 0.904. The standard InChI is InChI=1S/C16H20ClN5O2/c1-11(18-16(23)15-10-21(2)7-8-24-15)14-9-22(20-19-14)13-5-3-12(17)4-6-13/h3-6,9,11,15H,7-8,10H2,1-2H3,(H,18,23). The number of likely N-dealkylation sites (N-methyl/N-ethyl adjacent to an activating group) is 1. The number of aromatic nitrogens is 3. The Bertz CT molecular complexity index is 703. The molecular formula is C16H20ClN5O2. The topological polar surface area (TPSA) is 72.3 Å². The molecule has 1 aromatic carbocycles.